The van der Waals surface area contributed by atoms with Gasteiger partial charge in [-0.2, -0.15) is 0 Å². The van der Waals surface area contributed by atoms with Crippen LogP contribution in [0.15, 0.2) is 0 Å². The molecule has 2 atom stereocenters. The number of ether oxygens (including phenoxy) is 1. The fourth-order valence-corrected chi connectivity index (χ4v) is 3.14. The van der Waals surface area contributed by atoms with Gasteiger partial charge in [0, 0.05) is 13.1 Å². The number of aliphatic hydroxyl groups is 1. The number of rotatable bonds is 10. The van der Waals surface area contributed by atoms with E-state index >= 15 is 0 Å². The molecule has 0 aliphatic heterocycles. The molecule has 2 unspecified atom stereocenters. The highest BCUT2D eigenvalue weighted by atomic mass is 16.5. The summed E-state index contributed by atoms with van der Waals surface area (Å²) in [5, 5.41) is 13.4. The summed E-state index contributed by atoms with van der Waals surface area (Å²) < 4.78 is 5.68. The van der Waals surface area contributed by atoms with E-state index in [4.69, 9.17) is 4.74 Å². The topological polar surface area (TPSA) is 41.5 Å². The van der Waals surface area contributed by atoms with Crippen LogP contribution in [-0.2, 0) is 4.74 Å². The van der Waals surface area contributed by atoms with E-state index in [9.17, 15) is 5.11 Å². The van der Waals surface area contributed by atoms with Crippen LogP contribution in [0.3, 0.4) is 0 Å². The first-order valence-corrected chi connectivity index (χ1v) is 8.02. The highest BCUT2D eigenvalue weighted by Crippen LogP contribution is 2.60. The third-order valence-corrected chi connectivity index (χ3v) is 4.57. The van der Waals surface area contributed by atoms with E-state index in [1.807, 2.05) is 0 Å². The fourth-order valence-electron chi connectivity index (χ4n) is 3.14. The predicted molar refractivity (Wildman–Crippen MR) is 78.1 cm³/mol. The summed E-state index contributed by atoms with van der Waals surface area (Å²) in [6, 6.07) is 0. The molecule has 0 radical (unpaired) electrons. The second-order valence-electron chi connectivity index (χ2n) is 7.19. The number of hydrogen-bond acceptors (Lipinski definition) is 3. The molecule has 2 aliphatic rings. The lowest BCUT2D eigenvalue weighted by molar-refractivity contribution is -0.00884. The summed E-state index contributed by atoms with van der Waals surface area (Å²) in [5.74, 6) is 1.64. The second kappa shape index (κ2) is 6.55. The SMILES string of the molecule is CC(C)CC(C)OCC(O)CNCC1(C2CC2)CC1. The Balaban J connectivity index is 1.51. The quantitative estimate of drug-likeness (QED) is 0.640. The Hall–Kier alpha value is -0.120. The van der Waals surface area contributed by atoms with Crippen molar-refractivity contribution in [1.29, 1.82) is 0 Å². The van der Waals surface area contributed by atoms with Gasteiger partial charge in [0.05, 0.1) is 18.8 Å². The molecule has 0 aromatic carbocycles. The standard InChI is InChI=1S/C16H31NO2/c1-12(2)8-13(3)19-10-15(18)9-17-11-16(6-7-16)14-4-5-14/h12-15,17-18H,4-11H2,1-3H3. The molecule has 0 saturated heterocycles. The van der Waals surface area contributed by atoms with Crippen LogP contribution in [-0.4, -0.2) is 37.0 Å². The van der Waals surface area contributed by atoms with Crippen LogP contribution in [0.2, 0.25) is 0 Å². The van der Waals surface area contributed by atoms with Gasteiger partial charge in [-0.1, -0.05) is 13.8 Å². The monoisotopic (exact) mass is 269 g/mol. The van der Waals surface area contributed by atoms with Gasteiger partial charge in [0.1, 0.15) is 0 Å². The van der Waals surface area contributed by atoms with Crippen LogP contribution >= 0.6 is 0 Å². The van der Waals surface area contributed by atoms with E-state index < -0.39 is 0 Å². The molecule has 2 N–H and O–H groups in total. The summed E-state index contributed by atoms with van der Waals surface area (Å²) in [7, 11) is 0. The van der Waals surface area contributed by atoms with Crippen molar-refractivity contribution in [3.05, 3.63) is 0 Å². The Kier molecular flexibility index (Phi) is 5.27. The molecule has 0 spiro atoms. The lowest BCUT2D eigenvalue weighted by Gasteiger charge is -2.20. The smallest absolute Gasteiger partial charge is 0.0897 e. The summed E-state index contributed by atoms with van der Waals surface area (Å²) in [6.45, 7) is 8.71. The minimum Gasteiger partial charge on any atom is -0.389 e. The van der Waals surface area contributed by atoms with Crippen LogP contribution in [0, 0.1) is 17.3 Å². The van der Waals surface area contributed by atoms with Crippen molar-refractivity contribution < 1.29 is 9.84 Å². The molecule has 0 bridgehead atoms. The Morgan fingerprint density at radius 2 is 1.95 bits per heavy atom. The van der Waals surface area contributed by atoms with Crippen LogP contribution in [0.4, 0.5) is 0 Å². The van der Waals surface area contributed by atoms with Gasteiger partial charge in [0.15, 0.2) is 0 Å². The Morgan fingerprint density at radius 3 is 2.47 bits per heavy atom. The molecule has 112 valence electrons. The zero-order valence-electron chi connectivity index (χ0n) is 12.8. The van der Waals surface area contributed by atoms with E-state index in [-0.39, 0.29) is 12.2 Å². The third-order valence-electron chi connectivity index (χ3n) is 4.57. The van der Waals surface area contributed by atoms with Gasteiger partial charge in [-0.3, -0.25) is 0 Å². The third kappa shape index (κ3) is 5.05. The molecule has 3 nitrogen and oxygen atoms in total. The molecule has 19 heavy (non-hydrogen) atoms. The van der Waals surface area contributed by atoms with E-state index in [0.717, 1.165) is 18.9 Å². The maximum absolute atomic E-state index is 9.92. The summed E-state index contributed by atoms with van der Waals surface area (Å²) >= 11 is 0. The number of aliphatic hydroxyl groups excluding tert-OH is 1. The number of nitrogens with one attached hydrogen (secondary N) is 1. The van der Waals surface area contributed by atoms with E-state index in [1.54, 1.807) is 0 Å². The van der Waals surface area contributed by atoms with Crippen LogP contribution < -0.4 is 5.32 Å². The van der Waals surface area contributed by atoms with Gasteiger partial charge in [0.25, 0.3) is 0 Å². The van der Waals surface area contributed by atoms with Crippen molar-refractivity contribution in [2.45, 2.75) is 65.1 Å². The van der Waals surface area contributed by atoms with Crippen molar-refractivity contribution in [3.8, 4) is 0 Å². The molecule has 2 aliphatic carbocycles. The fraction of sp³-hybridized carbons (Fsp3) is 1.00. The lowest BCUT2D eigenvalue weighted by atomic mass is 10.0. The first-order valence-electron chi connectivity index (χ1n) is 8.02. The zero-order chi connectivity index (χ0) is 13.9. The van der Waals surface area contributed by atoms with Crippen molar-refractivity contribution >= 4 is 0 Å². The van der Waals surface area contributed by atoms with Gasteiger partial charge in [-0.25, -0.2) is 0 Å². The Morgan fingerprint density at radius 1 is 1.26 bits per heavy atom. The largest absolute Gasteiger partial charge is 0.389 e. The van der Waals surface area contributed by atoms with Gasteiger partial charge < -0.3 is 15.2 Å². The molecule has 0 amide bonds. The molecule has 2 rings (SSSR count). The maximum atomic E-state index is 9.92. The Bertz CT molecular complexity index is 272. The van der Waals surface area contributed by atoms with Gasteiger partial charge >= 0.3 is 0 Å². The molecular weight excluding hydrogens is 238 g/mol. The highest BCUT2D eigenvalue weighted by Gasteiger charge is 2.53. The van der Waals surface area contributed by atoms with Crippen molar-refractivity contribution in [3.63, 3.8) is 0 Å². The molecule has 0 heterocycles. The lowest BCUT2D eigenvalue weighted by Crippen LogP contribution is -2.35. The normalized spacial score (nSPS) is 24.5. The molecule has 3 heteroatoms. The predicted octanol–water partition coefficient (Wildman–Crippen LogP) is 2.58. The summed E-state index contributed by atoms with van der Waals surface area (Å²) in [4.78, 5) is 0. The second-order valence-corrected chi connectivity index (χ2v) is 7.19. The average molecular weight is 269 g/mol. The van der Waals surface area contributed by atoms with Crippen LogP contribution in [0.25, 0.3) is 0 Å². The zero-order valence-corrected chi connectivity index (χ0v) is 12.8. The van der Waals surface area contributed by atoms with Crippen molar-refractivity contribution in [1.82, 2.24) is 5.32 Å². The number of hydrogen-bond donors (Lipinski definition) is 2. The minimum atomic E-state index is -0.371. The highest BCUT2D eigenvalue weighted by molar-refractivity contribution is 5.05. The van der Waals surface area contributed by atoms with Gasteiger partial charge in [0.2, 0.25) is 0 Å². The molecule has 2 saturated carbocycles. The molecule has 2 fully saturated rings. The minimum absolute atomic E-state index is 0.246. The van der Waals surface area contributed by atoms with Crippen molar-refractivity contribution in [2.75, 3.05) is 19.7 Å². The average Bonchev–Trinajstić information content (AvgIpc) is 3.16. The van der Waals surface area contributed by atoms with E-state index in [0.29, 0.717) is 24.5 Å². The van der Waals surface area contributed by atoms with E-state index in [1.165, 1.54) is 25.7 Å². The van der Waals surface area contributed by atoms with Gasteiger partial charge in [-0.05, 0) is 56.3 Å². The molecular formula is C16H31NO2. The first-order chi connectivity index (χ1) is 9.02. The maximum Gasteiger partial charge on any atom is 0.0897 e. The molecule has 0 aromatic rings. The summed E-state index contributed by atoms with van der Waals surface area (Å²) in [5.41, 5.74) is 0.617. The molecule has 0 aromatic heterocycles. The van der Waals surface area contributed by atoms with Gasteiger partial charge in [-0.15, -0.1) is 0 Å². The van der Waals surface area contributed by atoms with Crippen LogP contribution in [0.1, 0.15) is 52.9 Å². The first kappa shape index (κ1) is 15.3. The van der Waals surface area contributed by atoms with Crippen LogP contribution in [0.5, 0.6) is 0 Å². The Labute approximate surface area is 118 Å². The summed E-state index contributed by atoms with van der Waals surface area (Å²) in [6.07, 6.45) is 6.58. The van der Waals surface area contributed by atoms with Crippen molar-refractivity contribution in [2.24, 2.45) is 17.3 Å². The van der Waals surface area contributed by atoms with E-state index in [2.05, 4.69) is 26.1 Å².